The van der Waals surface area contributed by atoms with Crippen LogP contribution >= 0.6 is 0 Å². The topological polar surface area (TPSA) is 128 Å². The van der Waals surface area contributed by atoms with Crippen LogP contribution in [0.2, 0.25) is 0 Å². The van der Waals surface area contributed by atoms with Crippen molar-refractivity contribution in [1.29, 1.82) is 0 Å². The van der Waals surface area contributed by atoms with E-state index in [0.29, 0.717) is 39.3 Å². The molecule has 0 spiro atoms. The average Bonchev–Trinajstić information content (AvgIpc) is 2.41. The number of aliphatic hydroxyl groups excluding tert-OH is 6. The molecule has 0 amide bonds. The maximum absolute atomic E-state index is 8.48. The van der Waals surface area contributed by atoms with Crippen LogP contribution in [-0.2, 0) is 21.7 Å². The van der Waals surface area contributed by atoms with Crippen molar-refractivity contribution in [2.24, 2.45) is 0 Å². The monoisotopic (exact) mass is 346 g/mol. The standard InChI is InChI=1S/2C6H15NO3.Ti/c2*8-4-1-7(2-5-9)3-6-10;/h2*8-10H,1-6H2;/q;;+4. The Kier molecular flexibility index (Phi) is 28.4. The van der Waals surface area contributed by atoms with Gasteiger partial charge in [-0.15, -0.1) is 0 Å². The van der Waals surface area contributed by atoms with Crippen molar-refractivity contribution < 1.29 is 52.4 Å². The molecule has 0 heterocycles. The van der Waals surface area contributed by atoms with Gasteiger partial charge in [0, 0.05) is 39.3 Å². The van der Waals surface area contributed by atoms with E-state index in [0.717, 1.165) is 0 Å². The van der Waals surface area contributed by atoms with Gasteiger partial charge >= 0.3 is 21.7 Å². The third-order valence-electron chi connectivity index (χ3n) is 2.50. The smallest absolute Gasteiger partial charge is 0.395 e. The maximum Gasteiger partial charge on any atom is 4.00 e. The van der Waals surface area contributed by atoms with Gasteiger partial charge in [-0.1, -0.05) is 0 Å². The molecule has 8 nitrogen and oxygen atoms in total. The molecule has 0 unspecified atom stereocenters. The van der Waals surface area contributed by atoms with Gasteiger partial charge in [0.25, 0.3) is 0 Å². The fraction of sp³-hybridized carbons (Fsp3) is 1.00. The van der Waals surface area contributed by atoms with Crippen molar-refractivity contribution in [3.05, 3.63) is 0 Å². The van der Waals surface area contributed by atoms with Gasteiger partial charge in [-0.3, -0.25) is 9.80 Å². The van der Waals surface area contributed by atoms with Crippen LogP contribution in [0.25, 0.3) is 0 Å². The van der Waals surface area contributed by atoms with Crippen LogP contribution in [-0.4, -0.2) is 119 Å². The van der Waals surface area contributed by atoms with Crippen LogP contribution in [0.3, 0.4) is 0 Å². The molecule has 0 aliphatic carbocycles. The molecule has 0 aromatic rings. The van der Waals surface area contributed by atoms with Gasteiger partial charge in [-0.05, 0) is 0 Å². The van der Waals surface area contributed by atoms with Crippen molar-refractivity contribution in [3.63, 3.8) is 0 Å². The van der Waals surface area contributed by atoms with E-state index in [9.17, 15) is 0 Å². The summed E-state index contributed by atoms with van der Waals surface area (Å²) in [7, 11) is 0. The number of nitrogens with zero attached hydrogens (tertiary/aromatic N) is 2. The fourth-order valence-corrected chi connectivity index (χ4v) is 1.52. The molecular weight excluding hydrogens is 316 g/mol. The first-order chi connectivity index (χ1) is 9.69. The Morgan fingerprint density at radius 1 is 0.381 bits per heavy atom. The summed E-state index contributed by atoms with van der Waals surface area (Å²) in [6.07, 6.45) is 0. The van der Waals surface area contributed by atoms with Crippen molar-refractivity contribution in [2.75, 3.05) is 78.9 Å². The second-order valence-corrected chi connectivity index (χ2v) is 4.02. The van der Waals surface area contributed by atoms with Gasteiger partial charge in [0.05, 0.1) is 39.6 Å². The first kappa shape index (κ1) is 26.3. The molecule has 0 saturated carbocycles. The zero-order valence-corrected chi connectivity index (χ0v) is 14.1. The molecule has 0 aliphatic heterocycles. The Bertz CT molecular complexity index is 135. The van der Waals surface area contributed by atoms with Crippen molar-refractivity contribution in [1.82, 2.24) is 9.80 Å². The summed E-state index contributed by atoms with van der Waals surface area (Å²) in [6.45, 7) is 3.51. The molecule has 0 fully saturated rings. The summed E-state index contributed by atoms with van der Waals surface area (Å²) in [5.74, 6) is 0. The third-order valence-corrected chi connectivity index (χ3v) is 2.50. The quantitative estimate of drug-likeness (QED) is 0.201. The predicted octanol–water partition coefficient (Wildman–Crippen LogP) is -3.47. The molecule has 0 atom stereocenters. The minimum absolute atomic E-state index is 0. The van der Waals surface area contributed by atoms with Gasteiger partial charge < -0.3 is 30.6 Å². The Balaban J connectivity index is -0.000000295. The van der Waals surface area contributed by atoms with E-state index in [1.54, 1.807) is 9.80 Å². The average molecular weight is 346 g/mol. The van der Waals surface area contributed by atoms with Crippen molar-refractivity contribution in [2.45, 2.75) is 0 Å². The normalized spacial score (nSPS) is 10.3. The summed E-state index contributed by atoms with van der Waals surface area (Å²) in [4.78, 5) is 3.58. The fourth-order valence-electron chi connectivity index (χ4n) is 1.52. The molecule has 0 radical (unpaired) electrons. The third kappa shape index (κ3) is 20.4. The van der Waals surface area contributed by atoms with E-state index < -0.39 is 0 Å². The Labute approximate surface area is 141 Å². The molecule has 124 valence electrons. The van der Waals surface area contributed by atoms with Crippen molar-refractivity contribution in [3.8, 4) is 0 Å². The first-order valence-electron chi connectivity index (χ1n) is 6.79. The Morgan fingerprint density at radius 2 is 0.524 bits per heavy atom. The summed E-state index contributed by atoms with van der Waals surface area (Å²) in [5.41, 5.74) is 0. The molecule has 9 heteroatoms. The molecule has 6 N–H and O–H groups in total. The molecule has 21 heavy (non-hydrogen) atoms. The second kappa shape index (κ2) is 22.7. The van der Waals surface area contributed by atoms with Gasteiger partial charge in [0.15, 0.2) is 0 Å². The zero-order chi connectivity index (χ0) is 15.6. The summed E-state index contributed by atoms with van der Waals surface area (Å²) < 4.78 is 0. The van der Waals surface area contributed by atoms with E-state index >= 15 is 0 Å². The van der Waals surface area contributed by atoms with E-state index in [-0.39, 0.29) is 61.4 Å². The molecule has 0 bridgehead atoms. The van der Waals surface area contributed by atoms with Gasteiger partial charge in [0.1, 0.15) is 0 Å². The predicted molar refractivity (Wildman–Crippen MR) is 75.4 cm³/mol. The zero-order valence-electron chi connectivity index (χ0n) is 12.6. The molecule has 0 aromatic heterocycles. The van der Waals surface area contributed by atoms with E-state index in [1.165, 1.54) is 0 Å². The largest absolute Gasteiger partial charge is 4.00 e. The van der Waals surface area contributed by atoms with Crippen LogP contribution in [0, 0.1) is 0 Å². The van der Waals surface area contributed by atoms with E-state index in [4.69, 9.17) is 30.6 Å². The molecular formula is C12H30N2O6Ti+4. The van der Waals surface area contributed by atoms with Crippen LogP contribution in [0.4, 0.5) is 0 Å². The SMILES string of the molecule is OCCN(CCO)CCO.OCCN(CCO)CCO.[Ti+4]. The first-order valence-corrected chi connectivity index (χ1v) is 6.79. The van der Waals surface area contributed by atoms with Crippen LogP contribution in [0.1, 0.15) is 0 Å². The number of hydrogen-bond donors (Lipinski definition) is 6. The maximum atomic E-state index is 8.48. The summed E-state index contributed by atoms with van der Waals surface area (Å²) in [6, 6.07) is 0. The van der Waals surface area contributed by atoms with Crippen LogP contribution < -0.4 is 0 Å². The summed E-state index contributed by atoms with van der Waals surface area (Å²) in [5, 5.41) is 50.9. The van der Waals surface area contributed by atoms with Gasteiger partial charge in [-0.2, -0.15) is 0 Å². The number of rotatable bonds is 12. The van der Waals surface area contributed by atoms with Crippen LogP contribution in [0.5, 0.6) is 0 Å². The molecule has 0 rings (SSSR count). The van der Waals surface area contributed by atoms with Crippen molar-refractivity contribution >= 4 is 0 Å². The number of aliphatic hydroxyl groups is 6. The molecule has 0 saturated heterocycles. The van der Waals surface area contributed by atoms with E-state index in [1.807, 2.05) is 0 Å². The Morgan fingerprint density at radius 3 is 0.619 bits per heavy atom. The second-order valence-electron chi connectivity index (χ2n) is 4.02. The molecule has 0 aromatic carbocycles. The summed E-state index contributed by atoms with van der Waals surface area (Å²) >= 11 is 0. The minimum atomic E-state index is 0. The van der Waals surface area contributed by atoms with Gasteiger partial charge in [-0.25, -0.2) is 0 Å². The molecule has 0 aliphatic rings. The van der Waals surface area contributed by atoms with Gasteiger partial charge in [0.2, 0.25) is 0 Å². The number of hydrogen-bond acceptors (Lipinski definition) is 8. The minimum Gasteiger partial charge on any atom is -0.395 e. The van der Waals surface area contributed by atoms with Crippen LogP contribution in [0.15, 0.2) is 0 Å². The van der Waals surface area contributed by atoms with E-state index in [2.05, 4.69) is 0 Å². The Hall–Kier alpha value is 0.394.